The van der Waals surface area contributed by atoms with E-state index in [1.807, 2.05) is 54.2 Å². The summed E-state index contributed by atoms with van der Waals surface area (Å²) in [7, 11) is 1.90. The molecule has 2 aromatic heterocycles. The van der Waals surface area contributed by atoms with Gasteiger partial charge in [-0.25, -0.2) is 4.68 Å². The van der Waals surface area contributed by atoms with E-state index in [0.29, 0.717) is 0 Å². The van der Waals surface area contributed by atoms with Crippen LogP contribution in [-0.4, -0.2) is 22.0 Å². The lowest BCUT2D eigenvalue weighted by molar-refractivity contribution is 0.427. The van der Waals surface area contributed by atoms with Crippen LogP contribution >= 0.6 is 0 Å². The lowest BCUT2D eigenvalue weighted by Gasteiger charge is -2.15. The lowest BCUT2D eigenvalue weighted by Crippen LogP contribution is -2.20. The van der Waals surface area contributed by atoms with E-state index in [1.165, 1.54) is 0 Å². The van der Waals surface area contributed by atoms with Crippen LogP contribution in [-0.2, 0) is 6.42 Å². The Morgan fingerprint density at radius 2 is 2.00 bits per heavy atom. The number of benzene rings is 1. The Kier molecular flexibility index (Phi) is 3.83. The van der Waals surface area contributed by atoms with Crippen molar-refractivity contribution in [3.8, 4) is 5.69 Å². The van der Waals surface area contributed by atoms with Crippen molar-refractivity contribution in [1.29, 1.82) is 0 Å². The zero-order valence-electron chi connectivity index (χ0n) is 12.2. The minimum Gasteiger partial charge on any atom is -0.464 e. The van der Waals surface area contributed by atoms with Crippen LogP contribution in [0.25, 0.3) is 5.69 Å². The molecule has 0 aliphatic rings. The number of nitrogens with one attached hydrogen (secondary N) is 1. The number of hydrogen-bond acceptors (Lipinski definition) is 4. The summed E-state index contributed by atoms with van der Waals surface area (Å²) in [5.74, 6) is 1.85. The summed E-state index contributed by atoms with van der Waals surface area (Å²) in [6, 6.07) is 13.9. The molecule has 5 heteroatoms. The molecule has 1 unspecified atom stereocenters. The topological polar surface area (TPSA) is 55.9 Å². The summed E-state index contributed by atoms with van der Waals surface area (Å²) in [5, 5.41) is 11.5. The van der Waals surface area contributed by atoms with Crippen molar-refractivity contribution in [1.82, 2.24) is 20.3 Å². The number of aromatic nitrogens is 3. The SMILES string of the molecule is CCc1ccc(C(NC)c2cnnn2-c2ccccc2)o1. The standard InChI is InChI=1S/C16H18N4O/c1-3-13-9-10-15(21-13)16(17-2)14-11-18-19-20(14)12-7-5-4-6-8-12/h4-11,16-17H,3H2,1-2H3. The summed E-state index contributed by atoms with van der Waals surface area (Å²) < 4.78 is 7.70. The Labute approximate surface area is 123 Å². The van der Waals surface area contributed by atoms with Crippen molar-refractivity contribution < 1.29 is 4.42 Å². The molecular weight excluding hydrogens is 264 g/mol. The van der Waals surface area contributed by atoms with Crippen LogP contribution in [0.1, 0.15) is 30.2 Å². The molecule has 1 N–H and O–H groups in total. The third kappa shape index (κ3) is 2.60. The van der Waals surface area contributed by atoms with Gasteiger partial charge in [-0.2, -0.15) is 0 Å². The van der Waals surface area contributed by atoms with Crippen LogP contribution in [0.5, 0.6) is 0 Å². The highest BCUT2D eigenvalue weighted by molar-refractivity contribution is 5.34. The molecule has 0 radical (unpaired) electrons. The molecule has 0 saturated carbocycles. The summed E-state index contributed by atoms with van der Waals surface area (Å²) in [4.78, 5) is 0. The molecule has 2 heterocycles. The summed E-state index contributed by atoms with van der Waals surface area (Å²) >= 11 is 0. The number of hydrogen-bond donors (Lipinski definition) is 1. The van der Waals surface area contributed by atoms with E-state index in [0.717, 1.165) is 29.3 Å². The number of furan rings is 1. The van der Waals surface area contributed by atoms with Crippen molar-refractivity contribution in [3.05, 3.63) is 65.9 Å². The van der Waals surface area contributed by atoms with Crippen molar-refractivity contribution in [2.75, 3.05) is 7.05 Å². The monoisotopic (exact) mass is 282 g/mol. The van der Waals surface area contributed by atoms with Gasteiger partial charge >= 0.3 is 0 Å². The maximum Gasteiger partial charge on any atom is 0.127 e. The number of nitrogens with zero attached hydrogens (tertiary/aromatic N) is 3. The molecule has 0 spiro atoms. The van der Waals surface area contributed by atoms with Gasteiger partial charge in [0, 0.05) is 6.42 Å². The van der Waals surface area contributed by atoms with E-state index in [1.54, 1.807) is 6.20 Å². The molecular formula is C16H18N4O. The number of aryl methyl sites for hydroxylation is 1. The number of para-hydroxylation sites is 1. The van der Waals surface area contributed by atoms with E-state index < -0.39 is 0 Å². The van der Waals surface area contributed by atoms with E-state index in [9.17, 15) is 0 Å². The molecule has 1 aromatic carbocycles. The Hall–Kier alpha value is -2.40. The Morgan fingerprint density at radius 3 is 2.67 bits per heavy atom. The smallest absolute Gasteiger partial charge is 0.127 e. The first kappa shape index (κ1) is 13.6. The van der Waals surface area contributed by atoms with Gasteiger partial charge < -0.3 is 9.73 Å². The average Bonchev–Trinajstić information content (AvgIpc) is 3.19. The third-order valence-corrected chi connectivity index (χ3v) is 3.48. The lowest BCUT2D eigenvalue weighted by atomic mass is 10.1. The average molecular weight is 282 g/mol. The second-order valence-corrected chi connectivity index (χ2v) is 4.79. The fraction of sp³-hybridized carbons (Fsp3) is 0.250. The maximum atomic E-state index is 5.87. The molecule has 0 aliphatic carbocycles. The molecule has 0 fully saturated rings. The quantitative estimate of drug-likeness (QED) is 0.781. The van der Waals surface area contributed by atoms with Gasteiger partial charge in [-0.05, 0) is 31.3 Å². The van der Waals surface area contributed by atoms with Crippen LogP contribution in [0.4, 0.5) is 0 Å². The molecule has 1 atom stereocenters. The molecule has 5 nitrogen and oxygen atoms in total. The van der Waals surface area contributed by atoms with Gasteiger partial charge in [0.2, 0.25) is 0 Å². The van der Waals surface area contributed by atoms with Crippen molar-refractivity contribution >= 4 is 0 Å². The predicted molar refractivity (Wildman–Crippen MR) is 80.3 cm³/mol. The van der Waals surface area contributed by atoms with Crippen LogP contribution in [0, 0.1) is 0 Å². The van der Waals surface area contributed by atoms with E-state index in [-0.39, 0.29) is 6.04 Å². The van der Waals surface area contributed by atoms with Gasteiger partial charge in [-0.3, -0.25) is 0 Å². The van der Waals surface area contributed by atoms with Gasteiger partial charge in [0.1, 0.15) is 17.6 Å². The summed E-state index contributed by atoms with van der Waals surface area (Å²) in [6.07, 6.45) is 2.65. The van der Waals surface area contributed by atoms with Gasteiger partial charge in [-0.15, -0.1) is 5.10 Å². The molecule has 0 saturated heterocycles. The largest absolute Gasteiger partial charge is 0.464 e. The highest BCUT2D eigenvalue weighted by Crippen LogP contribution is 2.25. The van der Waals surface area contributed by atoms with Crippen LogP contribution in [0.3, 0.4) is 0 Å². The first-order valence-corrected chi connectivity index (χ1v) is 7.05. The van der Waals surface area contributed by atoms with Crippen molar-refractivity contribution in [2.24, 2.45) is 0 Å². The maximum absolute atomic E-state index is 5.87. The van der Waals surface area contributed by atoms with Crippen LogP contribution in [0.2, 0.25) is 0 Å². The predicted octanol–water partition coefficient (Wildman–Crippen LogP) is 2.73. The van der Waals surface area contributed by atoms with Crippen LogP contribution < -0.4 is 5.32 Å². The highest BCUT2D eigenvalue weighted by atomic mass is 16.3. The second-order valence-electron chi connectivity index (χ2n) is 4.79. The molecule has 0 amide bonds. The zero-order valence-corrected chi connectivity index (χ0v) is 12.2. The van der Waals surface area contributed by atoms with Gasteiger partial charge in [0.05, 0.1) is 17.6 Å². The molecule has 0 bridgehead atoms. The molecule has 21 heavy (non-hydrogen) atoms. The molecule has 108 valence electrons. The van der Waals surface area contributed by atoms with Gasteiger partial charge in [-0.1, -0.05) is 30.3 Å². The Morgan fingerprint density at radius 1 is 1.19 bits per heavy atom. The summed E-state index contributed by atoms with van der Waals surface area (Å²) in [6.45, 7) is 2.08. The highest BCUT2D eigenvalue weighted by Gasteiger charge is 2.21. The van der Waals surface area contributed by atoms with Gasteiger partial charge in [0.15, 0.2) is 0 Å². The fourth-order valence-corrected chi connectivity index (χ4v) is 2.39. The van der Waals surface area contributed by atoms with Crippen molar-refractivity contribution in [3.63, 3.8) is 0 Å². The Balaban J connectivity index is 2.01. The third-order valence-electron chi connectivity index (χ3n) is 3.48. The van der Waals surface area contributed by atoms with E-state index in [4.69, 9.17) is 4.42 Å². The zero-order chi connectivity index (χ0) is 14.7. The normalized spacial score (nSPS) is 12.5. The minimum atomic E-state index is -0.0829. The van der Waals surface area contributed by atoms with Crippen molar-refractivity contribution in [2.45, 2.75) is 19.4 Å². The van der Waals surface area contributed by atoms with Crippen LogP contribution in [0.15, 0.2) is 53.1 Å². The number of rotatable bonds is 5. The fourth-order valence-electron chi connectivity index (χ4n) is 2.39. The van der Waals surface area contributed by atoms with Gasteiger partial charge in [0.25, 0.3) is 0 Å². The van der Waals surface area contributed by atoms with E-state index >= 15 is 0 Å². The molecule has 3 aromatic rings. The second kappa shape index (κ2) is 5.93. The minimum absolute atomic E-state index is 0.0829. The summed E-state index contributed by atoms with van der Waals surface area (Å²) in [5.41, 5.74) is 1.92. The first-order chi connectivity index (χ1) is 10.3. The molecule has 3 rings (SSSR count). The molecule has 0 aliphatic heterocycles. The van der Waals surface area contributed by atoms with E-state index in [2.05, 4.69) is 22.6 Å². The Bertz CT molecular complexity index is 702. The first-order valence-electron chi connectivity index (χ1n) is 7.05.